The number of benzene rings is 1. The number of para-hydroxylation sites is 1. The van der Waals surface area contributed by atoms with E-state index in [0.29, 0.717) is 25.8 Å². The van der Waals surface area contributed by atoms with E-state index in [-0.39, 0.29) is 17.2 Å². The maximum absolute atomic E-state index is 11.9. The highest BCUT2D eigenvalue weighted by molar-refractivity contribution is 5.97. The first-order valence-corrected chi connectivity index (χ1v) is 7.51. The number of phenols is 2. The Morgan fingerprint density at radius 1 is 1.21 bits per heavy atom. The molecule has 1 atom stereocenters. The van der Waals surface area contributed by atoms with E-state index >= 15 is 0 Å². The summed E-state index contributed by atoms with van der Waals surface area (Å²) in [5, 5.41) is 24.1. The molecule has 1 rings (SSSR count). The molecule has 4 N–H and O–H groups in total. The molecule has 0 radical (unpaired) electrons. The Morgan fingerprint density at radius 2 is 1.92 bits per heavy atom. The van der Waals surface area contributed by atoms with Gasteiger partial charge in [-0.05, 0) is 31.4 Å². The highest BCUT2D eigenvalue weighted by Gasteiger charge is 2.19. The molecule has 2 amide bonds. The normalized spacial score (nSPS) is 11.4. The average Bonchev–Trinajstić information content (AvgIpc) is 2.54. The number of carbonyl (C=O) groups is 3. The zero-order valence-corrected chi connectivity index (χ0v) is 13.7. The van der Waals surface area contributed by atoms with E-state index in [1.165, 1.54) is 32.2 Å². The molecule has 132 valence electrons. The summed E-state index contributed by atoms with van der Waals surface area (Å²) >= 11 is 0. The van der Waals surface area contributed by atoms with Gasteiger partial charge in [0, 0.05) is 13.5 Å². The third-order valence-electron chi connectivity index (χ3n) is 3.33. The van der Waals surface area contributed by atoms with Crippen LogP contribution in [0.3, 0.4) is 0 Å². The molecule has 1 aromatic carbocycles. The molecule has 8 heteroatoms. The molecule has 0 aliphatic heterocycles. The Morgan fingerprint density at radius 3 is 2.54 bits per heavy atom. The largest absolute Gasteiger partial charge is 0.504 e. The van der Waals surface area contributed by atoms with Gasteiger partial charge in [-0.2, -0.15) is 0 Å². The van der Waals surface area contributed by atoms with Gasteiger partial charge in [0.15, 0.2) is 11.5 Å². The van der Waals surface area contributed by atoms with Gasteiger partial charge in [0.2, 0.25) is 5.91 Å². The lowest BCUT2D eigenvalue weighted by molar-refractivity contribution is -0.145. The number of nitrogens with one attached hydrogen (secondary N) is 2. The number of esters is 1. The topological polar surface area (TPSA) is 125 Å². The number of amides is 2. The van der Waals surface area contributed by atoms with Crippen LogP contribution in [0, 0.1) is 0 Å². The van der Waals surface area contributed by atoms with Crippen molar-refractivity contribution >= 4 is 17.8 Å². The van der Waals surface area contributed by atoms with Gasteiger partial charge < -0.3 is 25.6 Å². The van der Waals surface area contributed by atoms with Gasteiger partial charge in [0.25, 0.3) is 5.91 Å². The summed E-state index contributed by atoms with van der Waals surface area (Å²) in [4.78, 5) is 34.5. The van der Waals surface area contributed by atoms with Gasteiger partial charge in [-0.3, -0.25) is 9.59 Å². The molecule has 0 bridgehead atoms. The summed E-state index contributed by atoms with van der Waals surface area (Å²) < 4.78 is 4.62. The second-order valence-electron chi connectivity index (χ2n) is 5.20. The van der Waals surface area contributed by atoms with Crippen LogP contribution >= 0.6 is 0 Å². The number of ether oxygens (including phenoxy) is 1. The van der Waals surface area contributed by atoms with Crippen molar-refractivity contribution in [1.29, 1.82) is 0 Å². The van der Waals surface area contributed by atoms with Crippen molar-refractivity contribution < 1.29 is 29.3 Å². The van der Waals surface area contributed by atoms with Crippen LogP contribution in [0.25, 0.3) is 0 Å². The van der Waals surface area contributed by atoms with Crippen LogP contribution in [0.15, 0.2) is 18.2 Å². The van der Waals surface area contributed by atoms with E-state index in [0.717, 1.165) is 0 Å². The molecule has 0 fully saturated rings. The maximum atomic E-state index is 11.9. The van der Waals surface area contributed by atoms with Crippen LogP contribution in [0.5, 0.6) is 11.5 Å². The molecule has 0 saturated carbocycles. The minimum Gasteiger partial charge on any atom is -0.504 e. The SMILES string of the molecule is COC(=O)[C@H](CCCCNC(=O)c1cccc(O)c1O)NC(C)=O. The van der Waals surface area contributed by atoms with E-state index in [4.69, 9.17) is 0 Å². The number of rotatable bonds is 8. The fraction of sp³-hybridized carbons (Fsp3) is 0.438. The first-order chi connectivity index (χ1) is 11.4. The van der Waals surface area contributed by atoms with Gasteiger partial charge in [-0.1, -0.05) is 6.07 Å². The highest BCUT2D eigenvalue weighted by Crippen LogP contribution is 2.27. The number of methoxy groups -OCH3 is 1. The van der Waals surface area contributed by atoms with Crippen molar-refractivity contribution in [1.82, 2.24) is 10.6 Å². The molecule has 1 aromatic rings. The lowest BCUT2D eigenvalue weighted by Crippen LogP contribution is -2.40. The molecule has 0 aliphatic rings. The van der Waals surface area contributed by atoms with E-state index in [1.807, 2.05) is 0 Å². The molecule has 0 aromatic heterocycles. The third-order valence-corrected chi connectivity index (χ3v) is 3.33. The van der Waals surface area contributed by atoms with Crippen molar-refractivity contribution in [2.45, 2.75) is 32.2 Å². The van der Waals surface area contributed by atoms with Gasteiger partial charge in [0.1, 0.15) is 6.04 Å². The molecular weight excluding hydrogens is 316 g/mol. The van der Waals surface area contributed by atoms with E-state index in [1.54, 1.807) is 0 Å². The molecule has 0 aliphatic carbocycles. The lowest BCUT2D eigenvalue weighted by Gasteiger charge is -2.15. The monoisotopic (exact) mass is 338 g/mol. The van der Waals surface area contributed by atoms with E-state index in [2.05, 4.69) is 15.4 Å². The Kier molecular flexibility index (Phi) is 7.54. The molecular formula is C16H22N2O6. The van der Waals surface area contributed by atoms with Crippen molar-refractivity contribution in [2.24, 2.45) is 0 Å². The maximum Gasteiger partial charge on any atom is 0.328 e. The summed E-state index contributed by atoms with van der Waals surface area (Å²) in [7, 11) is 1.25. The molecule has 0 unspecified atom stereocenters. The van der Waals surface area contributed by atoms with Crippen molar-refractivity contribution in [3.05, 3.63) is 23.8 Å². The predicted molar refractivity (Wildman–Crippen MR) is 85.6 cm³/mol. The fourth-order valence-corrected chi connectivity index (χ4v) is 2.12. The summed E-state index contributed by atoms with van der Waals surface area (Å²) in [6, 6.07) is 3.42. The van der Waals surface area contributed by atoms with Gasteiger partial charge in [0.05, 0.1) is 12.7 Å². The molecule has 0 saturated heterocycles. The molecule has 8 nitrogen and oxygen atoms in total. The Labute approximate surface area is 139 Å². The van der Waals surface area contributed by atoms with E-state index < -0.39 is 23.7 Å². The highest BCUT2D eigenvalue weighted by atomic mass is 16.5. The Balaban J connectivity index is 2.39. The molecule has 0 spiro atoms. The second kappa shape index (κ2) is 9.39. The molecule has 24 heavy (non-hydrogen) atoms. The van der Waals surface area contributed by atoms with Crippen LogP contribution in [0.2, 0.25) is 0 Å². The standard InChI is InChI=1S/C16H22N2O6/c1-10(19)18-12(16(23)24-2)7-3-4-9-17-15(22)11-6-5-8-13(20)14(11)21/h5-6,8,12,20-21H,3-4,7,9H2,1-2H3,(H,17,22)(H,18,19)/t12-/m0/s1. The summed E-state index contributed by atoms with van der Waals surface area (Å²) in [5.41, 5.74) is -0.0133. The van der Waals surface area contributed by atoms with Gasteiger partial charge in [-0.15, -0.1) is 0 Å². The quantitative estimate of drug-likeness (QED) is 0.314. The average molecular weight is 338 g/mol. The Bertz CT molecular complexity index is 602. The summed E-state index contributed by atoms with van der Waals surface area (Å²) in [6.45, 7) is 1.64. The minimum absolute atomic E-state index is 0.0133. The number of hydrogen-bond acceptors (Lipinski definition) is 6. The van der Waals surface area contributed by atoms with Gasteiger partial charge in [-0.25, -0.2) is 4.79 Å². The number of phenolic OH excluding ortho intramolecular Hbond substituents is 2. The summed E-state index contributed by atoms with van der Waals surface area (Å²) in [5.74, 6) is -2.17. The van der Waals surface area contributed by atoms with Crippen LogP contribution in [0.4, 0.5) is 0 Å². The van der Waals surface area contributed by atoms with Crippen LogP contribution in [-0.2, 0) is 14.3 Å². The van der Waals surface area contributed by atoms with Gasteiger partial charge >= 0.3 is 5.97 Å². The first-order valence-electron chi connectivity index (χ1n) is 7.51. The number of aromatic hydroxyl groups is 2. The zero-order chi connectivity index (χ0) is 18.1. The predicted octanol–water partition coefficient (Wildman–Crippen LogP) is 0.676. The Hall–Kier alpha value is -2.77. The van der Waals surface area contributed by atoms with Crippen molar-refractivity contribution in [2.75, 3.05) is 13.7 Å². The fourth-order valence-electron chi connectivity index (χ4n) is 2.12. The smallest absolute Gasteiger partial charge is 0.328 e. The zero-order valence-electron chi connectivity index (χ0n) is 13.7. The third kappa shape index (κ3) is 5.79. The minimum atomic E-state index is -0.710. The first kappa shape index (κ1) is 19.3. The molecule has 0 heterocycles. The number of unbranched alkanes of at least 4 members (excludes halogenated alkanes) is 1. The summed E-state index contributed by atoms with van der Waals surface area (Å²) in [6.07, 6.45) is 1.53. The van der Waals surface area contributed by atoms with Crippen molar-refractivity contribution in [3.8, 4) is 11.5 Å². The van der Waals surface area contributed by atoms with Crippen LogP contribution in [0.1, 0.15) is 36.5 Å². The van der Waals surface area contributed by atoms with Crippen LogP contribution in [-0.4, -0.2) is 47.7 Å². The number of carbonyl (C=O) groups excluding carboxylic acids is 3. The lowest BCUT2D eigenvalue weighted by atomic mass is 10.1. The number of hydrogen-bond donors (Lipinski definition) is 4. The van der Waals surface area contributed by atoms with Crippen molar-refractivity contribution in [3.63, 3.8) is 0 Å². The van der Waals surface area contributed by atoms with E-state index in [9.17, 15) is 24.6 Å². The van der Waals surface area contributed by atoms with Crippen LogP contribution < -0.4 is 10.6 Å². The second-order valence-corrected chi connectivity index (χ2v) is 5.20.